The van der Waals surface area contributed by atoms with Crippen molar-refractivity contribution in [2.24, 2.45) is 4.40 Å². The minimum atomic E-state index is -4.09. The first-order valence-corrected chi connectivity index (χ1v) is 14.6. The van der Waals surface area contributed by atoms with E-state index >= 15 is 0 Å². The van der Waals surface area contributed by atoms with Crippen molar-refractivity contribution in [2.75, 3.05) is 27.2 Å². The van der Waals surface area contributed by atoms with Gasteiger partial charge in [0.05, 0.1) is 23.3 Å². The van der Waals surface area contributed by atoms with Crippen molar-refractivity contribution in [2.45, 2.75) is 65.7 Å². The molecule has 2 rings (SSSR count). The first-order valence-electron chi connectivity index (χ1n) is 10.8. The summed E-state index contributed by atoms with van der Waals surface area (Å²) in [5.41, 5.74) is 0.316. The zero-order valence-electron chi connectivity index (χ0n) is 19.6. The Labute approximate surface area is 204 Å². The topological polar surface area (TPSA) is 157 Å². The summed E-state index contributed by atoms with van der Waals surface area (Å²) in [6.07, 6.45) is 3.18. The van der Waals surface area contributed by atoms with Crippen LogP contribution in [0.15, 0.2) is 18.9 Å². The van der Waals surface area contributed by atoms with Crippen molar-refractivity contribution in [3.63, 3.8) is 0 Å². The lowest BCUT2D eigenvalue weighted by Gasteiger charge is -2.36. The maximum Gasteiger partial charge on any atom is 0.293 e. The molecule has 0 fully saturated rings. The summed E-state index contributed by atoms with van der Waals surface area (Å²) in [4.78, 5) is 20.5. The summed E-state index contributed by atoms with van der Waals surface area (Å²) in [7, 11) is -4.59. The van der Waals surface area contributed by atoms with Gasteiger partial charge in [0, 0.05) is 32.6 Å². The maximum absolute atomic E-state index is 13.0. The van der Waals surface area contributed by atoms with Crippen LogP contribution in [0.2, 0.25) is 0 Å². The Balaban J connectivity index is 2.27. The van der Waals surface area contributed by atoms with E-state index in [-0.39, 0.29) is 39.2 Å². The van der Waals surface area contributed by atoms with Crippen LogP contribution >= 0.6 is 11.3 Å². The lowest BCUT2D eigenvalue weighted by molar-refractivity contribution is -0.492. The molecule has 0 aromatic carbocycles. The van der Waals surface area contributed by atoms with Crippen molar-refractivity contribution < 1.29 is 36.9 Å². The average molecular weight is 541 g/mol. The molecule has 1 aromatic rings. The normalized spacial score (nSPS) is 20.0. The zero-order valence-corrected chi connectivity index (χ0v) is 22.1. The number of hydrogen-bond acceptors (Lipinski definition) is 10. The Kier molecular flexibility index (Phi) is 10.00. The molecule has 2 heterocycles. The predicted octanol–water partition coefficient (Wildman–Crippen LogP) is 2.05. The Morgan fingerprint density at radius 1 is 1.29 bits per heavy atom. The van der Waals surface area contributed by atoms with Gasteiger partial charge in [0.25, 0.3) is 10.0 Å². The molecule has 0 saturated carbocycles. The Morgan fingerprint density at radius 3 is 2.56 bits per heavy atom. The molecule has 1 aliphatic heterocycles. The van der Waals surface area contributed by atoms with Crippen molar-refractivity contribution in [3.05, 3.63) is 11.6 Å². The highest BCUT2D eigenvalue weighted by molar-refractivity contribution is 7.96. The van der Waals surface area contributed by atoms with E-state index in [2.05, 4.69) is 9.24 Å². The van der Waals surface area contributed by atoms with Crippen LogP contribution in [-0.4, -0.2) is 87.2 Å². The molecular weight excluding hydrogens is 508 g/mol. The molecule has 15 heteroatoms. The lowest BCUT2D eigenvalue weighted by atomic mass is 10.0. The number of carbonyl (C=O) groups is 1. The number of thiophene rings is 1. The monoisotopic (exact) mass is 540 g/mol. The maximum atomic E-state index is 13.0. The van der Waals surface area contributed by atoms with E-state index in [1.165, 1.54) is 11.0 Å². The fourth-order valence-electron chi connectivity index (χ4n) is 3.62. The van der Waals surface area contributed by atoms with Crippen LogP contribution in [0.5, 0.6) is 0 Å². The summed E-state index contributed by atoms with van der Waals surface area (Å²) < 4.78 is 54.7. The van der Waals surface area contributed by atoms with E-state index in [0.29, 0.717) is 42.7 Å². The van der Waals surface area contributed by atoms with E-state index in [9.17, 15) is 21.6 Å². The van der Waals surface area contributed by atoms with Crippen molar-refractivity contribution >= 4 is 43.4 Å². The minimum absolute atomic E-state index is 0.0316. The van der Waals surface area contributed by atoms with Crippen LogP contribution in [0, 0.1) is 0 Å². The highest BCUT2D eigenvalue weighted by atomic mass is 32.3. The van der Waals surface area contributed by atoms with E-state index in [1.807, 2.05) is 0 Å². The molecular formula is C19H32N4O8S3. The quantitative estimate of drug-likeness (QED) is 0.174. The van der Waals surface area contributed by atoms with Gasteiger partial charge >= 0.3 is 0 Å². The van der Waals surface area contributed by atoms with Crippen LogP contribution in [0.25, 0.3) is 0 Å². The van der Waals surface area contributed by atoms with Crippen LogP contribution in [0.3, 0.4) is 0 Å². The van der Waals surface area contributed by atoms with Gasteiger partial charge in [-0.15, -0.1) is 15.7 Å². The zero-order chi connectivity index (χ0) is 25.7. The molecule has 194 valence electrons. The van der Waals surface area contributed by atoms with Gasteiger partial charge in [-0.2, -0.15) is 8.42 Å². The van der Waals surface area contributed by atoms with Gasteiger partial charge in [0.2, 0.25) is 5.91 Å². The van der Waals surface area contributed by atoms with Gasteiger partial charge in [0.1, 0.15) is 14.8 Å². The highest BCUT2D eigenvalue weighted by Crippen LogP contribution is 2.45. The van der Waals surface area contributed by atoms with E-state index in [1.54, 1.807) is 32.8 Å². The van der Waals surface area contributed by atoms with Gasteiger partial charge in [-0.25, -0.2) is 8.42 Å². The summed E-state index contributed by atoms with van der Waals surface area (Å²) in [5, 5.41) is 15.9. The molecule has 0 radical (unpaired) electrons. The van der Waals surface area contributed by atoms with E-state index < -0.39 is 31.2 Å². The van der Waals surface area contributed by atoms with Crippen LogP contribution in [0.1, 0.15) is 57.6 Å². The number of nitrogens with zero attached hydrogens (tertiary/aromatic N) is 4. The summed E-state index contributed by atoms with van der Waals surface area (Å²) in [6, 6.07) is 0.768. The summed E-state index contributed by atoms with van der Waals surface area (Å²) in [5.74, 6) is -0.168. The van der Waals surface area contributed by atoms with Crippen LogP contribution < -0.4 is 0 Å². The second-order valence-corrected chi connectivity index (χ2v) is 13.6. The number of fused-ring (bicyclic) bond motifs is 1. The summed E-state index contributed by atoms with van der Waals surface area (Å²) in [6.45, 7) is 3.77. The number of carbonyl (C=O) groups excluding carboxylic acids is 1. The van der Waals surface area contributed by atoms with Gasteiger partial charge in [-0.05, 0) is 39.2 Å². The van der Waals surface area contributed by atoms with Gasteiger partial charge in [-0.1, -0.05) is 6.42 Å². The first kappa shape index (κ1) is 28.6. The molecule has 34 heavy (non-hydrogen) atoms. The number of unbranched alkanes of at least 4 members (excludes halogenated alkanes) is 2. The third-order valence-electron chi connectivity index (χ3n) is 5.35. The number of amides is 1. The Hall–Kier alpha value is -1.62. The van der Waals surface area contributed by atoms with Crippen LogP contribution in [0.4, 0.5) is 0 Å². The third-order valence-corrected chi connectivity index (χ3v) is 10.9. The number of rotatable bonds is 12. The second kappa shape index (κ2) is 11.9. The SMILES string of the molecule is CCN(C(=O)CCCCCON(O)O)C1CC(C)S(=O)(=O)c2sc(S(=O)(=O)N=CN(C)C)cc21. The fraction of sp³-hybridized carbons (Fsp3) is 0.684. The number of hydrogen-bond donors (Lipinski definition) is 2. The van der Waals surface area contributed by atoms with E-state index in [4.69, 9.17) is 10.4 Å². The molecule has 0 saturated heterocycles. The highest BCUT2D eigenvalue weighted by Gasteiger charge is 2.42. The largest absolute Gasteiger partial charge is 0.368 e. The van der Waals surface area contributed by atoms with Gasteiger partial charge in [-0.3, -0.25) is 20.0 Å². The van der Waals surface area contributed by atoms with Gasteiger partial charge < -0.3 is 9.80 Å². The second-order valence-electron chi connectivity index (χ2n) is 8.15. The summed E-state index contributed by atoms with van der Waals surface area (Å²) >= 11 is 0.672. The molecule has 0 spiro atoms. The molecule has 12 nitrogen and oxygen atoms in total. The first-order chi connectivity index (χ1) is 15.8. The molecule has 1 aliphatic rings. The molecule has 2 N–H and O–H groups in total. The van der Waals surface area contributed by atoms with Crippen molar-refractivity contribution in [1.29, 1.82) is 0 Å². The average Bonchev–Trinajstić information content (AvgIpc) is 3.21. The van der Waals surface area contributed by atoms with Gasteiger partial charge in [0.15, 0.2) is 9.84 Å². The molecule has 2 atom stereocenters. The smallest absolute Gasteiger partial charge is 0.293 e. The molecule has 1 aromatic heterocycles. The van der Waals surface area contributed by atoms with Crippen molar-refractivity contribution in [3.8, 4) is 0 Å². The van der Waals surface area contributed by atoms with Crippen molar-refractivity contribution in [1.82, 2.24) is 15.2 Å². The number of sulfonamides is 1. The molecule has 1 amide bonds. The molecule has 0 bridgehead atoms. The van der Waals surface area contributed by atoms with Crippen LogP contribution in [-0.2, 0) is 29.5 Å². The fourth-order valence-corrected chi connectivity index (χ4v) is 8.50. The Morgan fingerprint density at radius 2 is 1.97 bits per heavy atom. The lowest BCUT2D eigenvalue weighted by Crippen LogP contribution is -2.40. The standard InChI is InChI=1S/C19H32N4O8S3/c1-5-22(17(24)9-7-6-8-10-31-23(25)26)16-11-14(2)33(27,28)19-15(16)12-18(32-19)34(29,30)20-13-21(3)4/h12-14,16,25-26H,5-11H2,1-4H3. The molecule has 0 aliphatic carbocycles. The minimum Gasteiger partial charge on any atom is -0.368 e. The third kappa shape index (κ3) is 6.96. The molecule has 2 unspecified atom stereocenters. The predicted molar refractivity (Wildman–Crippen MR) is 125 cm³/mol. The Bertz CT molecular complexity index is 1080. The van der Waals surface area contributed by atoms with E-state index in [0.717, 1.165) is 6.34 Å². The number of sulfone groups is 1.